The molecule has 0 bridgehead atoms. The summed E-state index contributed by atoms with van der Waals surface area (Å²) in [6.07, 6.45) is 0. The van der Waals surface area contributed by atoms with E-state index in [4.69, 9.17) is 4.99 Å². The number of piperazine rings is 1. The van der Waals surface area contributed by atoms with Crippen molar-refractivity contribution in [3.8, 4) is 0 Å². The van der Waals surface area contributed by atoms with Crippen molar-refractivity contribution in [3.63, 3.8) is 0 Å². The fourth-order valence-corrected chi connectivity index (χ4v) is 4.47. The predicted octanol–water partition coefficient (Wildman–Crippen LogP) is 3.34. The van der Waals surface area contributed by atoms with Crippen LogP contribution in [0.3, 0.4) is 0 Å². The molecule has 1 aliphatic heterocycles. The second-order valence-corrected chi connectivity index (χ2v) is 8.83. The third kappa shape index (κ3) is 8.35. The van der Waals surface area contributed by atoms with E-state index >= 15 is 0 Å². The van der Waals surface area contributed by atoms with Crippen LogP contribution >= 0.6 is 24.0 Å². The monoisotopic (exact) mass is 540 g/mol. The number of hydrogen-bond donors (Lipinski definition) is 1. The molecule has 1 N–H and O–H groups in total. The van der Waals surface area contributed by atoms with E-state index in [-0.39, 0.29) is 24.0 Å². The first-order chi connectivity index (χ1) is 14.2. The van der Waals surface area contributed by atoms with Crippen molar-refractivity contribution >= 4 is 40.7 Å². The van der Waals surface area contributed by atoms with Crippen LogP contribution in [0.4, 0.5) is 0 Å². The zero-order chi connectivity index (χ0) is 20.3. The van der Waals surface area contributed by atoms with E-state index in [9.17, 15) is 4.21 Å². The second-order valence-electron chi connectivity index (χ2n) is 7.26. The van der Waals surface area contributed by atoms with E-state index in [1.165, 1.54) is 5.56 Å². The van der Waals surface area contributed by atoms with E-state index < -0.39 is 10.8 Å². The molecule has 3 rings (SSSR count). The number of benzene rings is 2. The Morgan fingerprint density at radius 2 is 1.57 bits per heavy atom. The van der Waals surface area contributed by atoms with Crippen LogP contribution in [-0.4, -0.2) is 65.0 Å². The van der Waals surface area contributed by atoms with Crippen LogP contribution in [0, 0.1) is 0 Å². The van der Waals surface area contributed by atoms with Crippen molar-refractivity contribution in [1.82, 2.24) is 15.1 Å². The molecular formula is C23H33IN4OS. The molecule has 0 spiro atoms. The quantitative estimate of drug-likeness (QED) is 0.317. The van der Waals surface area contributed by atoms with Gasteiger partial charge in [0.2, 0.25) is 0 Å². The van der Waals surface area contributed by atoms with Gasteiger partial charge in [0, 0.05) is 61.6 Å². The number of nitrogens with one attached hydrogen (secondary N) is 1. The van der Waals surface area contributed by atoms with Crippen LogP contribution < -0.4 is 5.32 Å². The minimum absolute atomic E-state index is 0. The van der Waals surface area contributed by atoms with Crippen molar-refractivity contribution in [2.75, 3.05) is 45.0 Å². The van der Waals surface area contributed by atoms with Crippen LogP contribution in [0.25, 0.3) is 0 Å². The van der Waals surface area contributed by atoms with E-state index in [1.807, 2.05) is 30.3 Å². The maximum absolute atomic E-state index is 12.3. The summed E-state index contributed by atoms with van der Waals surface area (Å²) in [6.45, 7) is 8.51. The van der Waals surface area contributed by atoms with Gasteiger partial charge in [0.05, 0.1) is 6.54 Å². The summed E-state index contributed by atoms with van der Waals surface area (Å²) in [6, 6.07) is 20.7. The summed E-state index contributed by atoms with van der Waals surface area (Å²) in [5.74, 6) is 2.14. The van der Waals surface area contributed by atoms with Crippen molar-refractivity contribution < 1.29 is 4.21 Å². The third-order valence-corrected chi connectivity index (χ3v) is 6.30. The molecule has 1 atom stereocenters. The third-order valence-electron chi connectivity index (χ3n) is 5.01. The summed E-state index contributed by atoms with van der Waals surface area (Å²) in [7, 11) is -0.886. The topological polar surface area (TPSA) is 47.9 Å². The molecular weight excluding hydrogens is 507 g/mol. The highest BCUT2D eigenvalue weighted by Gasteiger charge is 2.19. The Bertz CT molecular complexity index is 780. The van der Waals surface area contributed by atoms with Crippen LogP contribution in [0.5, 0.6) is 0 Å². The lowest BCUT2D eigenvalue weighted by atomic mass is 10.2. The Kier molecular flexibility index (Phi) is 11.4. The Balaban J connectivity index is 0.00000320. The molecule has 2 aromatic carbocycles. The molecule has 7 heteroatoms. The van der Waals surface area contributed by atoms with Crippen LogP contribution in [0.15, 0.2) is 65.7 Å². The SMILES string of the molecule is CCNC(=NCCS(=O)Cc1ccccc1)N1CCN(Cc2ccccc2)CC1.I. The molecule has 0 radical (unpaired) electrons. The van der Waals surface area contributed by atoms with Gasteiger partial charge in [-0.1, -0.05) is 60.7 Å². The number of guanidine groups is 1. The highest BCUT2D eigenvalue weighted by Crippen LogP contribution is 2.09. The molecule has 164 valence electrons. The van der Waals surface area contributed by atoms with Gasteiger partial charge < -0.3 is 10.2 Å². The molecule has 1 heterocycles. The number of halogens is 1. The number of nitrogens with zero attached hydrogens (tertiary/aromatic N) is 3. The Labute approximate surface area is 200 Å². The minimum Gasteiger partial charge on any atom is -0.357 e. The van der Waals surface area contributed by atoms with Gasteiger partial charge in [-0.3, -0.25) is 14.1 Å². The first-order valence-electron chi connectivity index (χ1n) is 10.4. The number of hydrogen-bond acceptors (Lipinski definition) is 3. The van der Waals surface area contributed by atoms with Crippen LogP contribution in [0.1, 0.15) is 18.1 Å². The minimum atomic E-state index is -0.886. The fourth-order valence-electron chi connectivity index (χ4n) is 3.47. The molecule has 1 aliphatic rings. The standard InChI is InChI=1S/C23H32N4OS.HI/c1-2-24-23(25-13-18-29(28)20-22-11-7-4-8-12-22)27-16-14-26(15-17-27)19-21-9-5-3-6-10-21;/h3-12H,2,13-20H2,1H3,(H,24,25);1H. The van der Waals surface area contributed by atoms with Gasteiger partial charge in [0.1, 0.15) is 0 Å². The molecule has 2 aromatic rings. The molecule has 0 aliphatic carbocycles. The number of rotatable bonds is 8. The Hall–Kier alpha value is -1.45. The Morgan fingerprint density at radius 3 is 2.17 bits per heavy atom. The van der Waals surface area contributed by atoms with Gasteiger partial charge in [-0.05, 0) is 18.1 Å². The first-order valence-corrected chi connectivity index (χ1v) is 11.9. The van der Waals surface area contributed by atoms with Gasteiger partial charge in [-0.25, -0.2) is 0 Å². The highest BCUT2D eigenvalue weighted by molar-refractivity contribution is 14.0. The average molecular weight is 541 g/mol. The normalized spacial score (nSPS) is 16.0. The van der Waals surface area contributed by atoms with Gasteiger partial charge >= 0.3 is 0 Å². The largest absolute Gasteiger partial charge is 0.357 e. The van der Waals surface area contributed by atoms with E-state index in [2.05, 4.69) is 52.4 Å². The Morgan fingerprint density at radius 1 is 0.967 bits per heavy atom. The van der Waals surface area contributed by atoms with Crippen molar-refractivity contribution in [3.05, 3.63) is 71.8 Å². The lowest BCUT2D eigenvalue weighted by Crippen LogP contribution is -2.52. The molecule has 5 nitrogen and oxygen atoms in total. The van der Waals surface area contributed by atoms with Crippen molar-refractivity contribution in [2.24, 2.45) is 4.99 Å². The van der Waals surface area contributed by atoms with Crippen LogP contribution in [-0.2, 0) is 23.1 Å². The van der Waals surface area contributed by atoms with Gasteiger partial charge in [-0.2, -0.15) is 0 Å². The van der Waals surface area contributed by atoms with E-state index in [1.54, 1.807) is 0 Å². The van der Waals surface area contributed by atoms with Crippen molar-refractivity contribution in [2.45, 2.75) is 19.2 Å². The lowest BCUT2D eigenvalue weighted by molar-refractivity contribution is 0.172. The lowest BCUT2D eigenvalue weighted by Gasteiger charge is -2.36. The number of aliphatic imine (C=N–C) groups is 1. The molecule has 0 aromatic heterocycles. The molecule has 30 heavy (non-hydrogen) atoms. The summed E-state index contributed by atoms with van der Waals surface area (Å²) in [5.41, 5.74) is 2.48. The fraction of sp³-hybridized carbons (Fsp3) is 0.435. The molecule has 0 saturated carbocycles. The highest BCUT2D eigenvalue weighted by atomic mass is 127. The molecule has 0 amide bonds. The van der Waals surface area contributed by atoms with Gasteiger partial charge in [-0.15, -0.1) is 24.0 Å². The zero-order valence-electron chi connectivity index (χ0n) is 17.7. The average Bonchev–Trinajstić information content (AvgIpc) is 2.75. The maximum Gasteiger partial charge on any atom is 0.194 e. The van der Waals surface area contributed by atoms with Gasteiger partial charge in [0.25, 0.3) is 0 Å². The maximum atomic E-state index is 12.3. The van der Waals surface area contributed by atoms with Crippen LogP contribution in [0.2, 0.25) is 0 Å². The molecule has 1 unspecified atom stereocenters. The van der Waals surface area contributed by atoms with E-state index in [0.717, 1.165) is 50.8 Å². The summed E-state index contributed by atoms with van der Waals surface area (Å²) in [4.78, 5) is 9.56. The molecule has 1 fully saturated rings. The first kappa shape index (κ1) is 24.8. The smallest absolute Gasteiger partial charge is 0.194 e. The molecule has 1 saturated heterocycles. The second kappa shape index (κ2) is 13.8. The zero-order valence-corrected chi connectivity index (χ0v) is 20.9. The van der Waals surface area contributed by atoms with Crippen molar-refractivity contribution in [1.29, 1.82) is 0 Å². The predicted molar refractivity (Wildman–Crippen MR) is 138 cm³/mol. The summed E-state index contributed by atoms with van der Waals surface area (Å²) >= 11 is 0. The van der Waals surface area contributed by atoms with E-state index in [0.29, 0.717) is 18.1 Å². The van der Waals surface area contributed by atoms with Gasteiger partial charge in [0.15, 0.2) is 5.96 Å². The summed E-state index contributed by atoms with van der Waals surface area (Å²) in [5, 5.41) is 3.40. The summed E-state index contributed by atoms with van der Waals surface area (Å²) < 4.78 is 12.3.